The van der Waals surface area contributed by atoms with Gasteiger partial charge in [-0.1, -0.05) is 218 Å². The van der Waals surface area contributed by atoms with E-state index in [4.69, 9.17) is 13.8 Å². The number of nitrogens with zero attached hydrogens (tertiary/aromatic N) is 1. The molecule has 69 heavy (non-hydrogen) atoms. The van der Waals surface area contributed by atoms with Crippen LogP contribution in [0.2, 0.25) is 0 Å². The standard InChI is InChI=1S/C59H113N2O7P/c1-7-10-13-16-19-22-25-27-28-29-30-31-32-34-37-40-43-46-49-52-59(63)68-57(50-47-44-41-38-35-24-21-18-15-12-9-3)56(55-67-69(64,65)66-54-53-61(4,5)6)60-58(62)51-48-45-42-39-36-33-26-23-20-17-14-11-8-2/h27-28,33,36,47,50,56-57H,7-26,29-32,34-35,37-46,48-49,51-55H2,1-6H3,(H-,60,62,64,65)/p+1/b28-27+,36-33-,50-47-. The normalized spacial score (nSPS) is 14.0. The van der Waals surface area contributed by atoms with Crippen molar-refractivity contribution in [3.63, 3.8) is 0 Å². The average molecular weight is 995 g/mol. The van der Waals surface area contributed by atoms with E-state index >= 15 is 0 Å². The Morgan fingerprint density at radius 2 is 0.841 bits per heavy atom. The van der Waals surface area contributed by atoms with Gasteiger partial charge in [-0.05, 0) is 83.1 Å². The van der Waals surface area contributed by atoms with Crippen molar-refractivity contribution in [2.45, 2.75) is 290 Å². The van der Waals surface area contributed by atoms with Gasteiger partial charge in [0.25, 0.3) is 0 Å². The van der Waals surface area contributed by atoms with Crippen LogP contribution in [-0.2, 0) is 27.9 Å². The minimum absolute atomic E-state index is 0.0385. The van der Waals surface area contributed by atoms with Gasteiger partial charge in [-0.3, -0.25) is 18.6 Å². The molecule has 3 atom stereocenters. The van der Waals surface area contributed by atoms with Gasteiger partial charge in [-0.15, -0.1) is 0 Å². The number of nitrogens with one attached hydrogen (secondary N) is 1. The number of carbonyl (C=O) groups is 2. The summed E-state index contributed by atoms with van der Waals surface area (Å²) >= 11 is 0. The molecule has 0 aromatic heterocycles. The monoisotopic (exact) mass is 994 g/mol. The van der Waals surface area contributed by atoms with Gasteiger partial charge in [0.2, 0.25) is 5.91 Å². The molecule has 0 radical (unpaired) electrons. The molecule has 0 saturated carbocycles. The van der Waals surface area contributed by atoms with Gasteiger partial charge in [-0.2, -0.15) is 0 Å². The van der Waals surface area contributed by atoms with Gasteiger partial charge in [0.05, 0.1) is 33.8 Å². The molecular formula is C59H114N2O7P+. The predicted molar refractivity (Wildman–Crippen MR) is 296 cm³/mol. The van der Waals surface area contributed by atoms with Crippen LogP contribution in [0.25, 0.3) is 0 Å². The highest BCUT2D eigenvalue weighted by Gasteiger charge is 2.30. The summed E-state index contributed by atoms with van der Waals surface area (Å²) in [5.41, 5.74) is 0. The number of ether oxygens (including phenoxy) is 1. The van der Waals surface area contributed by atoms with Crippen LogP contribution in [0.1, 0.15) is 278 Å². The highest BCUT2D eigenvalue weighted by molar-refractivity contribution is 7.47. The highest BCUT2D eigenvalue weighted by Crippen LogP contribution is 2.43. The van der Waals surface area contributed by atoms with Crippen LogP contribution in [-0.4, -0.2) is 74.3 Å². The lowest BCUT2D eigenvalue weighted by Crippen LogP contribution is -2.47. The maximum Gasteiger partial charge on any atom is 0.472 e. The second-order valence-corrected chi connectivity index (χ2v) is 22.6. The molecule has 1 amide bonds. The number of amides is 1. The summed E-state index contributed by atoms with van der Waals surface area (Å²) in [7, 11) is 1.49. The van der Waals surface area contributed by atoms with Crippen molar-refractivity contribution in [2.24, 2.45) is 0 Å². The molecule has 0 aromatic rings. The topological polar surface area (TPSA) is 111 Å². The van der Waals surface area contributed by atoms with Crippen molar-refractivity contribution < 1.29 is 37.3 Å². The van der Waals surface area contributed by atoms with E-state index in [1.54, 1.807) is 0 Å². The van der Waals surface area contributed by atoms with Crippen LogP contribution in [0.3, 0.4) is 0 Å². The zero-order chi connectivity index (χ0) is 50.8. The molecule has 10 heteroatoms. The number of phosphoric acid groups is 1. The van der Waals surface area contributed by atoms with Gasteiger partial charge in [0.15, 0.2) is 0 Å². The van der Waals surface area contributed by atoms with Gasteiger partial charge < -0.3 is 19.4 Å². The second kappa shape index (κ2) is 49.8. The molecule has 0 rings (SSSR count). The van der Waals surface area contributed by atoms with E-state index in [0.29, 0.717) is 17.4 Å². The molecule has 0 aliphatic heterocycles. The highest BCUT2D eigenvalue weighted by atomic mass is 31.2. The summed E-state index contributed by atoms with van der Waals surface area (Å²) in [5.74, 6) is -0.520. The van der Waals surface area contributed by atoms with E-state index in [1.165, 1.54) is 173 Å². The van der Waals surface area contributed by atoms with Crippen LogP contribution >= 0.6 is 7.82 Å². The van der Waals surface area contributed by atoms with E-state index in [-0.39, 0.29) is 31.5 Å². The van der Waals surface area contributed by atoms with Crippen molar-refractivity contribution in [3.05, 3.63) is 36.5 Å². The van der Waals surface area contributed by atoms with Gasteiger partial charge >= 0.3 is 13.8 Å². The smallest absolute Gasteiger partial charge is 0.456 e. The minimum Gasteiger partial charge on any atom is -0.456 e. The molecule has 0 bridgehead atoms. The molecule has 0 heterocycles. The summed E-state index contributed by atoms with van der Waals surface area (Å²) in [5, 5.41) is 3.04. The zero-order valence-corrected chi connectivity index (χ0v) is 47.2. The third-order valence-corrected chi connectivity index (χ3v) is 14.0. The molecule has 0 aliphatic rings. The first kappa shape index (κ1) is 67.2. The molecule has 3 unspecified atom stereocenters. The quantitative estimate of drug-likeness (QED) is 0.0205. The Morgan fingerprint density at radius 1 is 0.493 bits per heavy atom. The summed E-state index contributed by atoms with van der Waals surface area (Å²) in [6.45, 7) is 6.99. The lowest BCUT2D eigenvalue weighted by Gasteiger charge is -2.27. The number of phosphoric ester groups is 1. The third kappa shape index (κ3) is 51.0. The zero-order valence-electron chi connectivity index (χ0n) is 46.3. The van der Waals surface area contributed by atoms with E-state index in [2.05, 4.69) is 50.4 Å². The van der Waals surface area contributed by atoms with Crippen LogP contribution in [0, 0.1) is 0 Å². The summed E-state index contributed by atoms with van der Waals surface area (Å²) in [6.07, 6.45) is 58.5. The van der Waals surface area contributed by atoms with Gasteiger partial charge in [-0.25, -0.2) is 4.57 Å². The largest absolute Gasteiger partial charge is 0.472 e. The van der Waals surface area contributed by atoms with Crippen LogP contribution in [0.15, 0.2) is 36.5 Å². The SMILES string of the molecule is CCCCCCCC/C=C\CCCCCC(=O)NC(COP(=O)(O)OCC[N+](C)(C)C)C(/C=C\CCCCCCCCCCC)OC(=O)CCCCCCCCCCC/C=C/CCCCCCCC. The number of hydrogen-bond donors (Lipinski definition) is 2. The Bertz CT molecular complexity index is 1280. The summed E-state index contributed by atoms with van der Waals surface area (Å²) < 4.78 is 30.6. The fourth-order valence-electron chi connectivity index (χ4n) is 8.46. The van der Waals surface area contributed by atoms with Crippen molar-refractivity contribution >= 4 is 19.7 Å². The number of rotatable bonds is 53. The summed E-state index contributed by atoms with van der Waals surface area (Å²) in [4.78, 5) is 37.5. The maximum atomic E-state index is 13.5. The molecule has 0 fully saturated rings. The Kier molecular flexibility index (Phi) is 48.5. The first-order chi connectivity index (χ1) is 33.4. The lowest BCUT2D eigenvalue weighted by molar-refractivity contribution is -0.870. The van der Waals surface area contributed by atoms with Crippen molar-refractivity contribution in [1.82, 2.24) is 5.32 Å². The van der Waals surface area contributed by atoms with E-state index in [0.717, 1.165) is 70.6 Å². The molecule has 9 nitrogen and oxygen atoms in total. The van der Waals surface area contributed by atoms with Gasteiger partial charge in [0.1, 0.15) is 19.3 Å². The minimum atomic E-state index is -4.44. The van der Waals surface area contributed by atoms with Crippen molar-refractivity contribution in [2.75, 3.05) is 40.9 Å². The Morgan fingerprint density at radius 3 is 1.25 bits per heavy atom. The Hall–Kier alpha value is -1.77. The number of unbranched alkanes of at least 4 members (excludes halogenated alkanes) is 33. The van der Waals surface area contributed by atoms with Crippen LogP contribution in [0.5, 0.6) is 0 Å². The Labute approximate surface area is 427 Å². The molecule has 0 spiro atoms. The molecule has 0 aromatic carbocycles. The molecular weight excluding hydrogens is 880 g/mol. The molecule has 406 valence electrons. The summed E-state index contributed by atoms with van der Waals surface area (Å²) in [6, 6.07) is -0.852. The number of likely N-dealkylation sites (N-methyl/N-ethyl adjacent to an activating group) is 1. The number of esters is 1. The van der Waals surface area contributed by atoms with Crippen LogP contribution in [0.4, 0.5) is 0 Å². The average Bonchev–Trinajstić information content (AvgIpc) is 3.31. The van der Waals surface area contributed by atoms with Crippen molar-refractivity contribution in [3.8, 4) is 0 Å². The third-order valence-electron chi connectivity index (χ3n) is 13.1. The maximum absolute atomic E-state index is 13.5. The van der Waals surface area contributed by atoms with Crippen LogP contribution < -0.4 is 5.32 Å². The van der Waals surface area contributed by atoms with E-state index in [9.17, 15) is 19.0 Å². The number of carbonyl (C=O) groups excluding carboxylic acids is 2. The molecule has 0 saturated heterocycles. The number of quaternary nitrogens is 1. The predicted octanol–water partition coefficient (Wildman–Crippen LogP) is 17.6. The number of allylic oxidation sites excluding steroid dienone is 5. The fraction of sp³-hybridized carbons (Fsp3) is 0.864. The fourth-order valence-corrected chi connectivity index (χ4v) is 9.19. The second-order valence-electron chi connectivity index (χ2n) is 21.2. The lowest BCUT2D eigenvalue weighted by atomic mass is 10.0. The number of hydrogen-bond acceptors (Lipinski definition) is 6. The first-order valence-corrected chi connectivity index (χ1v) is 30.8. The van der Waals surface area contributed by atoms with Gasteiger partial charge in [0, 0.05) is 12.8 Å². The van der Waals surface area contributed by atoms with E-state index in [1.807, 2.05) is 33.3 Å². The molecule has 0 aliphatic carbocycles. The first-order valence-electron chi connectivity index (χ1n) is 29.3. The van der Waals surface area contributed by atoms with E-state index < -0.39 is 20.0 Å². The molecule has 2 N–H and O–H groups in total. The Balaban J connectivity index is 5.26. The van der Waals surface area contributed by atoms with Crippen molar-refractivity contribution in [1.29, 1.82) is 0 Å².